The Morgan fingerprint density at radius 2 is 2.35 bits per heavy atom. The van der Waals surface area contributed by atoms with E-state index in [0.717, 1.165) is 43.5 Å². The van der Waals surface area contributed by atoms with Gasteiger partial charge in [-0.2, -0.15) is 16.4 Å². The van der Waals surface area contributed by atoms with E-state index in [1.54, 1.807) is 35.3 Å². The first-order valence-corrected chi connectivity index (χ1v) is 9.32. The molecule has 0 aliphatic carbocycles. The van der Waals surface area contributed by atoms with E-state index in [2.05, 4.69) is 37.2 Å². The molecule has 0 saturated carbocycles. The van der Waals surface area contributed by atoms with Crippen molar-refractivity contribution in [3.63, 3.8) is 0 Å². The number of thiophene rings is 1. The van der Waals surface area contributed by atoms with Gasteiger partial charge in [-0.05, 0) is 11.4 Å². The Labute approximate surface area is 142 Å². The molecule has 0 aromatic carbocycles. The van der Waals surface area contributed by atoms with Crippen LogP contribution in [-0.2, 0) is 17.8 Å². The molecule has 1 aliphatic rings. The predicted molar refractivity (Wildman–Crippen MR) is 90.5 cm³/mol. The molecule has 0 bridgehead atoms. The van der Waals surface area contributed by atoms with Crippen molar-refractivity contribution in [2.45, 2.75) is 19.2 Å². The Hall–Kier alpha value is -1.61. The lowest BCUT2D eigenvalue weighted by Gasteiger charge is -2.32. The van der Waals surface area contributed by atoms with Crippen LogP contribution in [0.15, 0.2) is 34.9 Å². The first-order valence-electron chi connectivity index (χ1n) is 7.50. The molecule has 1 saturated heterocycles. The highest BCUT2D eigenvalue weighted by Crippen LogP contribution is 2.26. The van der Waals surface area contributed by atoms with Crippen molar-refractivity contribution in [3.8, 4) is 10.6 Å². The van der Waals surface area contributed by atoms with E-state index in [4.69, 9.17) is 9.72 Å². The predicted octanol–water partition coefficient (Wildman–Crippen LogP) is 2.36. The van der Waals surface area contributed by atoms with Crippen molar-refractivity contribution in [2.75, 3.05) is 19.7 Å². The van der Waals surface area contributed by atoms with Gasteiger partial charge in [0.1, 0.15) is 17.7 Å². The molecule has 120 valence electrons. The van der Waals surface area contributed by atoms with Crippen LogP contribution in [0.4, 0.5) is 0 Å². The van der Waals surface area contributed by atoms with Crippen LogP contribution in [0.5, 0.6) is 0 Å². The molecular formula is C15H17N5OS2. The molecule has 4 heterocycles. The lowest BCUT2D eigenvalue weighted by Crippen LogP contribution is -2.43. The highest BCUT2D eigenvalue weighted by atomic mass is 32.1. The number of rotatable bonds is 5. The second kappa shape index (κ2) is 6.88. The van der Waals surface area contributed by atoms with Crippen LogP contribution in [0.3, 0.4) is 0 Å². The standard InChI is InChI=1S/C15H17N5OS2/c1-4-22-8-12(1)15-18-13(9-23-15)5-19-2-3-21-14(6-19)7-20-11-16-10-17-20/h1,4,8-11,14H,2-3,5-7H2/t14-/m1/s1. The van der Waals surface area contributed by atoms with Crippen LogP contribution < -0.4 is 0 Å². The topological polar surface area (TPSA) is 56.1 Å². The number of ether oxygens (including phenoxy) is 1. The zero-order valence-corrected chi connectivity index (χ0v) is 14.2. The van der Waals surface area contributed by atoms with Crippen LogP contribution in [0, 0.1) is 0 Å². The van der Waals surface area contributed by atoms with Gasteiger partial charge in [0.05, 0.1) is 24.9 Å². The Morgan fingerprint density at radius 3 is 3.17 bits per heavy atom. The molecule has 3 aromatic rings. The quantitative estimate of drug-likeness (QED) is 0.709. The summed E-state index contributed by atoms with van der Waals surface area (Å²) in [5.74, 6) is 0. The number of hydrogen-bond acceptors (Lipinski definition) is 7. The van der Waals surface area contributed by atoms with Crippen molar-refractivity contribution in [2.24, 2.45) is 0 Å². The monoisotopic (exact) mass is 347 g/mol. The van der Waals surface area contributed by atoms with Crippen LogP contribution in [0.1, 0.15) is 5.69 Å². The van der Waals surface area contributed by atoms with Gasteiger partial charge >= 0.3 is 0 Å². The maximum Gasteiger partial charge on any atom is 0.137 e. The van der Waals surface area contributed by atoms with E-state index in [1.165, 1.54) is 5.56 Å². The van der Waals surface area contributed by atoms with Gasteiger partial charge in [0.2, 0.25) is 0 Å². The van der Waals surface area contributed by atoms with Crippen molar-refractivity contribution < 1.29 is 4.74 Å². The van der Waals surface area contributed by atoms with E-state index in [9.17, 15) is 0 Å². The summed E-state index contributed by atoms with van der Waals surface area (Å²) in [5.41, 5.74) is 2.36. The van der Waals surface area contributed by atoms with Crippen LogP contribution in [-0.4, -0.2) is 50.4 Å². The molecule has 0 unspecified atom stereocenters. The molecule has 1 atom stereocenters. The van der Waals surface area contributed by atoms with Gasteiger partial charge in [0.25, 0.3) is 0 Å². The van der Waals surface area contributed by atoms with Gasteiger partial charge in [0, 0.05) is 36.0 Å². The molecule has 23 heavy (non-hydrogen) atoms. The van der Waals surface area contributed by atoms with Gasteiger partial charge < -0.3 is 4.74 Å². The van der Waals surface area contributed by atoms with E-state index in [-0.39, 0.29) is 6.10 Å². The fourth-order valence-electron chi connectivity index (χ4n) is 2.70. The molecule has 1 fully saturated rings. The number of aromatic nitrogens is 4. The van der Waals surface area contributed by atoms with Gasteiger partial charge in [-0.1, -0.05) is 0 Å². The summed E-state index contributed by atoms with van der Waals surface area (Å²) in [4.78, 5) is 11.1. The van der Waals surface area contributed by atoms with Crippen molar-refractivity contribution in [3.05, 3.63) is 40.6 Å². The number of thiazole rings is 1. The van der Waals surface area contributed by atoms with Crippen LogP contribution >= 0.6 is 22.7 Å². The smallest absolute Gasteiger partial charge is 0.137 e. The molecule has 8 heteroatoms. The molecule has 0 amide bonds. The van der Waals surface area contributed by atoms with Crippen molar-refractivity contribution >= 4 is 22.7 Å². The highest BCUT2D eigenvalue weighted by Gasteiger charge is 2.22. The third-order valence-corrected chi connectivity index (χ3v) is 5.41. The summed E-state index contributed by atoms with van der Waals surface area (Å²) >= 11 is 3.42. The SMILES string of the molecule is c1ncn(C[C@H]2CN(Cc3csc(-c4ccsc4)n3)CCO2)n1. The molecule has 0 radical (unpaired) electrons. The minimum Gasteiger partial charge on any atom is -0.374 e. The summed E-state index contributed by atoms with van der Waals surface area (Å²) in [6.07, 6.45) is 3.44. The Kier molecular flexibility index (Phi) is 4.47. The van der Waals surface area contributed by atoms with E-state index < -0.39 is 0 Å². The van der Waals surface area contributed by atoms with Gasteiger partial charge in [-0.25, -0.2) is 9.97 Å². The second-order valence-corrected chi connectivity index (χ2v) is 7.14. The van der Waals surface area contributed by atoms with Crippen LogP contribution in [0.25, 0.3) is 10.6 Å². The highest BCUT2D eigenvalue weighted by molar-refractivity contribution is 7.14. The van der Waals surface area contributed by atoms with Crippen LogP contribution in [0.2, 0.25) is 0 Å². The molecule has 1 aliphatic heterocycles. The zero-order valence-electron chi connectivity index (χ0n) is 12.5. The summed E-state index contributed by atoms with van der Waals surface area (Å²) in [6, 6.07) is 2.12. The summed E-state index contributed by atoms with van der Waals surface area (Å²) < 4.78 is 7.66. The summed E-state index contributed by atoms with van der Waals surface area (Å²) in [7, 11) is 0. The minimum absolute atomic E-state index is 0.153. The normalized spacial score (nSPS) is 19.2. The Bertz CT molecular complexity index is 725. The first kappa shape index (κ1) is 14.9. The lowest BCUT2D eigenvalue weighted by atomic mass is 10.2. The minimum atomic E-state index is 0.153. The second-order valence-electron chi connectivity index (χ2n) is 5.50. The fraction of sp³-hybridized carbons (Fsp3) is 0.400. The largest absolute Gasteiger partial charge is 0.374 e. The third-order valence-electron chi connectivity index (χ3n) is 3.79. The Morgan fingerprint density at radius 1 is 1.35 bits per heavy atom. The maximum atomic E-state index is 5.84. The van der Waals surface area contributed by atoms with E-state index in [0.29, 0.717) is 0 Å². The van der Waals surface area contributed by atoms with Crippen molar-refractivity contribution in [1.82, 2.24) is 24.6 Å². The molecule has 4 rings (SSSR count). The zero-order chi connectivity index (χ0) is 15.5. The Balaban J connectivity index is 1.37. The number of morpholine rings is 1. The molecular weight excluding hydrogens is 330 g/mol. The number of nitrogens with zero attached hydrogens (tertiary/aromatic N) is 5. The van der Waals surface area contributed by atoms with E-state index >= 15 is 0 Å². The summed E-state index contributed by atoms with van der Waals surface area (Å²) in [6.45, 7) is 4.21. The van der Waals surface area contributed by atoms with Gasteiger partial charge in [0.15, 0.2) is 0 Å². The molecule has 6 nitrogen and oxygen atoms in total. The first-order chi connectivity index (χ1) is 11.4. The number of hydrogen-bond donors (Lipinski definition) is 0. The van der Waals surface area contributed by atoms with E-state index in [1.807, 2.05) is 4.68 Å². The lowest BCUT2D eigenvalue weighted by molar-refractivity contribution is -0.0405. The molecule has 3 aromatic heterocycles. The molecule has 0 N–H and O–H groups in total. The fourth-order valence-corrected chi connectivity index (χ4v) is 4.22. The summed E-state index contributed by atoms with van der Waals surface area (Å²) in [5, 5.41) is 11.7. The van der Waals surface area contributed by atoms with Gasteiger partial charge in [-0.3, -0.25) is 9.58 Å². The average Bonchev–Trinajstić information content (AvgIpc) is 3.30. The molecule has 0 spiro atoms. The average molecular weight is 347 g/mol. The maximum absolute atomic E-state index is 5.84. The van der Waals surface area contributed by atoms with Crippen molar-refractivity contribution in [1.29, 1.82) is 0 Å². The van der Waals surface area contributed by atoms with Gasteiger partial charge in [-0.15, -0.1) is 11.3 Å². The third kappa shape index (κ3) is 3.66.